The van der Waals surface area contributed by atoms with Crippen LogP contribution in [0.1, 0.15) is 21.7 Å². The number of amides is 1. The van der Waals surface area contributed by atoms with E-state index in [9.17, 15) is 18.0 Å². The zero-order valence-electron chi connectivity index (χ0n) is 12.4. The van der Waals surface area contributed by atoms with Gasteiger partial charge in [0.25, 0.3) is 5.91 Å². The molecule has 3 rings (SSSR count). The van der Waals surface area contributed by atoms with E-state index < -0.39 is 11.9 Å². The van der Waals surface area contributed by atoms with E-state index in [1.165, 1.54) is 18.3 Å². The molecule has 0 bridgehead atoms. The lowest BCUT2D eigenvalue weighted by molar-refractivity contribution is -0.141. The van der Waals surface area contributed by atoms with Crippen molar-refractivity contribution in [2.75, 3.05) is 6.54 Å². The van der Waals surface area contributed by atoms with Gasteiger partial charge in [-0.1, -0.05) is 6.07 Å². The molecule has 24 heavy (non-hydrogen) atoms. The fourth-order valence-corrected chi connectivity index (χ4v) is 2.24. The first-order valence-corrected chi connectivity index (χ1v) is 7.18. The maximum Gasteiger partial charge on any atom is 0.433 e. The molecule has 0 aromatic carbocycles. The van der Waals surface area contributed by atoms with Gasteiger partial charge in [-0.15, -0.1) is 0 Å². The van der Waals surface area contributed by atoms with Crippen molar-refractivity contribution < 1.29 is 18.0 Å². The second-order valence-corrected chi connectivity index (χ2v) is 5.15. The third-order valence-electron chi connectivity index (χ3n) is 3.42. The molecule has 1 amide bonds. The fraction of sp³-hybridized carbons (Fsp3) is 0.188. The van der Waals surface area contributed by atoms with Gasteiger partial charge in [0, 0.05) is 31.1 Å². The Kier molecular flexibility index (Phi) is 4.20. The van der Waals surface area contributed by atoms with Gasteiger partial charge < -0.3 is 10.3 Å². The number of nitrogens with one attached hydrogen (secondary N) is 2. The number of carbonyl (C=O) groups is 1. The minimum Gasteiger partial charge on any atom is -0.360 e. The molecule has 8 heteroatoms. The Morgan fingerprint density at radius 2 is 2.08 bits per heavy atom. The topological polar surface area (TPSA) is 70.7 Å². The van der Waals surface area contributed by atoms with Crippen molar-refractivity contribution >= 4 is 16.9 Å². The number of rotatable bonds is 4. The van der Waals surface area contributed by atoms with E-state index in [0.29, 0.717) is 5.56 Å². The summed E-state index contributed by atoms with van der Waals surface area (Å²) in [7, 11) is 0. The molecule has 0 unspecified atom stereocenters. The summed E-state index contributed by atoms with van der Waals surface area (Å²) in [5.41, 5.74) is 1.19. The minimum atomic E-state index is -4.48. The number of H-pyrrole nitrogens is 1. The summed E-state index contributed by atoms with van der Waals surface area (Å²) in [5, 5.41) is 2.65. The van der Waals surface area contributed by atoms with Gasteiger partial charge in [-0.3, -0.25) is 9.78 Å². The largest absolute Gasteiger partial charge is 0.433 e. The molecule has 0 atom stereocenters. The molecule has 3 aromatic rings. The van der Waals surface area contributed by atoms with E-state index >= 15 is 0 Å². The predicted octanol–water partition coefficient (Wildman–Crippen LogP) is 2.95. The first kappa shape index (κ1) is 16.0. The molecule has 0 spiro atoms. The highest BCUT2D eigenvalue weighted by molar-refractivity contribution is 5.96. The van der Waals surface area contributed by atoms with Gasteiger partial charge in [-0.25, -0.2) is 4.98 Å². The van der Waals surface area contributed by atoms with Crippen LogP contribution in [0, 0.1) is 0 Å². The van der Waals surface area contributed by atoms with E-state index in [1.807, 2.05) is 0 Å². The van der Waals surface area contributed by atoms with E-state index in [4.69, 9.17) is 0 Å². The fourth-order valence-electron chi connectivity index (χ4n) is 2.24. The standard InChI is InChI=1S/C16H13F3N4O/c17-16(18,19)14-3-1-2-11(23-14)4-6-21-15(24)10-8-13-12(22-9-10)5-7-20-13/h1-3,5,7-9,20H,4,6H2,(H,21,24). The number of halogens is 3. The molecule has 5 nitrogen and oxygen atoms in total. The average molecular weight is 334 g/mol. The number of fused-ring (bicyclic) bond motifs is 1. The molecule has 0 aliphatic rings. The highest BCUT2D eigenvalue weighted by Gasteiger charge is 2.32. The summed E-state index contributed by atoms with van der Waals surface area (Å²) < 4.78 is 37.8. The van der Waals surface area contributed by atoms with Crippen LogP contribution in [0.15, 0.2) is 42.7 Å². The van der Waals surface area contributed by atoms with Crippen molar-refractivity contribution in [2.24, 2.45) is 0 Å². The van der Waals surface area contributed by atoms with E-state index in [1.54, 1.807) is 18.3 Å². The van der Waals surface area contributed by atoms with Gasteiger partial charge >= 0.3 is 6.18 Å². The number of hydrogen-bond acceptors (Lipinski definition) is 3. The average Bonchev–Trinajstić information content (AvgIpc) is 3.02. The van der Waals surface area contributed by atoms with Gasteiger partial charge in [0.1, 0.15) is 5.69 Å². The van der Waals surface area contributed by atoms with Gasteiger partial charge in [-0.2, -0.15) is 13.2 Å². The monoisotopic (exact) mass is 334 g/mol. The number of hydrogen-bond donors (Lipinski definition) is 2. The van der Waals surface area contributed by atoms with Crippen molar-refractivity contribution in [3.63, 3.8) is 0 Å². The molecule has 0 aliphatic heterocycles. The first-order chi connectivity index (χ1) is 11.4. The molecule has 3 aromatic heterocycles. The van der Waals surface area contributed by atoms with Crippen molar-refractivity contribution in [1.82, 2.24) is 20.3 Å². The molecule has 0 saturated heterocycles. The van der Waals surface area contributed by atoms with Gasteiger partial charge in [0.2, 0.25) is 0 Å². The van der Waals surface area contributed by atoms with Crippen molar-refractivity contribution in [1.29, 1.82) is 0 Å². The summed E-state index contributed by atoms with van der Waals surface area (Å²) in [6.07, 6.45) is -1.10. The van der Waals surface area contributed by atoms with Crippen LogP contribution in [-0.2, 0) is 12.6 Å². The maximum atomic E-state index is 12.6. The summed E-state index contributed by atoms with van der Waals surface area (Å²) in [4.78, 5) is 22.7. The minimum absolute atomic E-state index is 0.176. The molecule has 0 saturated carbocycles. The van der Waals surface area contributed by atoms with Crippen LogP contribution in [0.5, 0.6) is 0 Å². The zero-order valence-corrected chi connectivity index (χ0v) is 12.4. The van der Waals surface area contributed by atoms with Crippen LogP contribution in [-0.4, -0.2) is 27.4 Å². The molecular formula is C16H13F3N4O. The second-order valence-electron chi connectivity index (χ2n) is 5.15. The number of aromatic amines is 1. The van der Waals surface area contributed by atoms with Crippen LogP contribution in [0.25, 0.3) is 11.0 Å². The summed E-state index contributed by atoms with van der Waals surface area (Å²) in [6, 6.07) is 7.17. The lowest BCUT2D eigenvalue weighted by atomic mass is 10.2. The lowest BCUT2D eigenvalue weighted by Crippen LogP contribution is -2.26. The predicted molar refractivity (Wildman–Crippen MR) is 81.4 cm³/mol. The van der Waals surface area contributed by atoms with Gasteiger partial charge in [0.05, 0.1) is 16.6 Å². The molecule has 0 radical (unpaired) electrons. The molecular weight excluding hydrogens is 321 g/mol. The quantitative estimate of drug-likeness (QED) is 0.771. The molecule has 0 aliphatic carbocycles. The molecule has 3 heterocycles. The Morgan fingerprint density at radius 1 is 1.25 bits per heavy atom. The highest BCUT2D eigenvalue weighted by atomic mass is 19.4. The Balaban J connectivity index is 1.60. The zero-order chi connectivity index (χ0) is 17.2. The third kappa shape index (κ3) is 3.53. The normalized spacial score (nSPS) is 11.6. The number of pyridine rings is 2. The van der Waals surface area contributed by atoms with Crippen molar-refractivity contribution in [3.8, 4) is 0 Å². The summed E-state index contributed by atoms with van der Waals surface area (Å²) in [5.74, 6) is -0.342. The number of alkyl halides is 3. The molecule has 0 fully saturated rings. The summed E-state index contributed by atoms with van der Waals surface area (Å²) in [6.45, 7) is 0.176. The Morgan fingerprint density at radius 3 is 2.88 bits per heavy atom. The van der Waals surface area contributed by atoms with Gasteiger partial charge in [-0.05, 0) is 24.3 Å². The second kappa shape index (κ2) is 6.31. The first-order valence-electron chi connectivity index (χ1n) is 7.18. The highest BCUT2D eigenvalue weighted by Crippen LogP contribution is 2.27. The number of nitrogens with zero attached hydrogens (tertiary/aromatic N) is 2. The van der Waals surface area contributed by atoms with Crippen LogP contribution in [0.4, 0.5) is 13.2 Å². The smallest absolute Gasteiger partial charge is 0.360 e. The van der Waals surface area contributed by atoms with Crippen molar-refractivity contribution in [2.45, 2.75) is 12.6 Å². The SMILES string of the molecule is O=C(NCCc1cccc(C(F)(F)F)n1)c1cnc2cc[nH]c2c1. The third-order valence-corrected chi connectivity index (χ3v) is 3.42. The van der Waals surface area contributed by atoms with Crippen LogP contribution < -0.4 is 5.32 Å². The Bertz CT molecular complexity index is 873. The number of carbonyl (C=O) groups excluding carboxylic acids is 1. The number of aromatic nitrogens is 3. The van der Waals surface area contributed by atoms with Gasteiger partial charge in [0.15, 0.2) is 0 Å². The van der Waals surface area contributed by atoms with Crippen LogP contribution in [0.3, 0.4) is 0 Å². The van der Waals surface area contributed by atoms with Crippen LogP contribution in [0.2, 0.25) is 0 Å². The summed E-state index contributed by atoms with van der Waals surface area (Å²) >= 11 is 0. The van der Waals surface area contributed by atoms with Crippen LogP contribution >= 0.6 is 0 Å². The molecule has 2 N–H and O–H groups in total. The Labute approximate surface area is 134 Å². The maximum absolute atomic E-state index is 12.6. The van der Waals surface area contributed by atoms with Crippen molar-refractivity contribution in [3.05, 3.63) is 59.7 Å². The Hall–Kier alpha value is -2.90. The van der Waals surface area contributed by atoms with E-state index in [0.717, 1.165) is 17.1 Å². The lowest BCUT2D eigenvalue weighted by Gasteiger charge is -2.08. The van der Waals surface area contributed by atoms with E-state index in [2.05, 4.69) is 20.3 Å². The molecule has 124 valence electrons. The van der Waals surface area contributed by atoms with E-state index in [-0.39, 0.29) is 24.6 Å².